The van der Waals surface area contributed by atoms with Crippen LogP contribution < -0.4 is 5.32 Å². The third-order valence-electron chi connectivity index (χ3n) is 3.12. The second-order valence-corrected chi connectivity index (χ2v) is 6.95. The van der Waals surface area contributed by atoms with Crippen LogP contribution in [0.25, 0.3) is 0 Å². The third kappa shape index (κ3) is 3.69. The van der Waals surface area contributed by atoms with Gasteiger partial charge in [-0.15, -0.1) is 0 Å². The number of aryl methyl sites for hydroxylation is 1. The monoisotopic (exact) mass is 307 g/mol. The Morgan fingerprint density at radius 1 is 1.29 bits per heavy atom. The maximum atomic E-state index is 12.0. The predicted molar refractivity (Wildman–Crippen MR) is 78.6 cm³/mol. The molecule has 0 radical (unpaired) electrons. The topological polar surface area (TPSA) is 81.1 Å². The van der Waals surface area contributed by atoms with Crippen molar-refractivity contribution in [3.8, 4) is 0 Å². The van der Waals surface area contributed by atoms with E-state index in [9.17, 15) is 13.2 Å². The molecule has 0 saturated heterocycles. The second-order valence-electron chi connectivity index (χ2n) is 4.94. The van der Waals surface area contributed by atoms with Crippen molar-refractivity contribution in [3.63, 3.8) is 0 Å². The number of nitrogens with one attached hydrogen (secondary N) is 1. The number of carbonyl (C=O) groups excluding carboxylic acids is 1. The molecule has 0 saturated carbocycles. The van der Waals surface area contributed by atoms with Crippen molar-refractivity contribution in [2.24, 2.45) is 7.05 Å². The Bertz CT molecular complexity index is 748. The molecular weight excluding hydrogens is 290 g/mol. The Kier molecular flexibility index (Phi) is 4.13. The fourth-order valence-electron chi connectivity index (χ4n) is 1.91. The van der Waals surface area contributed by atoms with Crippen LogP contribution in [0.2, 0.25) is 0 Å². The van der Waals surface area contributed by atoms with E-state index >= 15 is 0 Å². The number of carbonyl (C=O) groups is 1. The van der Waals surface area contributed by atoms with Crippen LogP contribution in [-0.4, -0.2) is 30.4 Å². The molecule has 0 unspecified atom stereocenters. The SMILES string of the molecule is C[C@H](NC(=O)c1cnn(C)c1)c1ccc(S(C)(=O)=O)cc1. The van der Waals surface area contributed by atoms with Gasteiger partial charge in [-0.1, -0.05) is 12.1 Å². The lowest BCUT2D eigenvalue weighted by Gasteiger charge is -2.14. The van der Waals surface area contributed by atoms with E-state index in [4.69, 9.17) is 0 Å². The minimum atomic E-state index is -3.21. The molecule has 0 aliphatic carbocycles. The number of aromatic nitrogens is 2. The highest BCUT2D eigenvalue weighted by atomic mass is 32.2. The molecule has 1 heterocycles. The van der Waals surface area contributed by atoms with Gasteiger partial charge in [-0.05, 0) is 24.6 Å². The van der Waals surface area contributed by atoms with Crippen molar-refractivity contribution in [2.75, 3.05) is 6.26 Å². The number of amides is 1. The minimum absolute atomic E-state index is 0.220. The first kappa shape index (κ1) is 15.2. The van der Waals surface area contributed by atoms with Gasteiger partial charge in [-0.3, -0.25) is 9.48 Å². The van der Waals surface area contributed by atoms with E-state index in [2.05, 4.69) is 10.4 Å². The standard InChI is InChI=1S/C14H17N3O3S/c1-10(16-14(18)12-8-15-17(2)9-12)11-4-6-13(7-5-11)21(3,19)20/h4-10H,1-3H3,(H,16,18)/t10-/m0/s1. The van der Waals surface area contributed by atoms with Crippen molar-refractivity contribution in [2.45, 2.75) is 17.9 Å². The molecule has 1 aromatic heterocycles. The Balaban J connectivity index is 2.10. The first-order valence-corrected chi connectivity index (χ1v) is 8.26. The predicted octanol–water partition coefficient (Wildman–Crippen LogP) is 1.31. The Hall–Kier alpha value is -2.15. The zero-order chi connectivity index (χ0) is 15.6. The lowest BCUT2D eigenvalue weighted by Crippen LogP contribution is -2.26. The lowest BCUT2D eigenvalue weighted by atomic mass is 10.1. The van der Waals surface area contributed by atoms with Crippen LogP contribution in [0.15, 0.2) is 41.6 Å². The van der Waals surface area contributed by atoms with Crippen molar-refractivity contribution < 1.29 is 13.2 Å². The van der Waals surface area contributed by atoms with E-state index in [1.165, 1.54) is 18.3 Å². The summed E-state index contributed by atoms with van der Waals surface area (Å²) < 4.78 is 24.4. The lowest BCUT2D eigenvalue weighted by molar-refractivity contribution is 0.0940. The zero-order valence-corrected chi connectivity index (χ0v) is 12.9. The highest BCUT2D eigenvalue weighted by Gasteiger charge is 2.14. The molecule has 6 nitrogen and oxygen atoms in total. The van der Waals surface area contributed by atoms with Crippen LogP contribution in [0.4, 0.5) is 0 Å². The summed E-state index contributed by atoms with van der Waals surface area (Å²) >= 11 is 0. The molecule has 0 spiro atoms. The molecule has 0 fully saturated rings. The van der Waals surface area contributed by atoms with Gasteiger partial charge in [0, 0.05) is 19.5 Å². The van der Waals surface area contributed by atoms with Gasteiger partial charge in [0.1, 0.15) is 0 Å². The van der Waals surface area contributed by atoms with Gasteiger partial charge in [0.2, 0.25) is 0 Å². The molecule has 0 bridgehead atoms. The van der Waals surface area contributed by atoms with Gasteiger partial charge in [0.05, 0.1) is 22.7 Å². The van der Waals surface area contributed by atoms with Crippen molar-refractivity contribution in [3.05, 3.63) is 47.8 Å². The van der Waals surface area contributed by atoms with Crippen LogP contribution in [0.5, 0.6) is 0 Å². The van der Waals surface area contributed by atoms with Crippen LogP contribution in [-0.2, 0) is 16.9 Å². The second kappa shape index (κ2) is 5.69. The average molecular weight is 307 g/mol. The summed E-state index contributed by atoms with van der Waals surface area (Å²) in [7, 11) is -1.47. The van der Waals surface area contributed by atoms with Gasteiger partial charge in [-0.2, -0.15) is 5.10 Å². The van der Waals surface area contributed by atoms with E-state index in [-0.39, 0.29) is 16.8 Å². The first-order valence-electron chi connectivity index (χ1n) is 6.37. The Morgan fingerprint density at radius 3 is 2.38 bits per heavy atom. The summed E-state index contributed by atoms with van der Waals surface area (Å²) in [6.45, 7) is 1.84. The number of hydrogen-bond acceptors (Lipinski definition) is 4. The van der Waals surface area contributed by atoms with Gasteiger partial charge < -0.3 is 5.32 Å². The summed E-state index contributed by atoms with van der Waals surface area (Å²) in [4.78, 5) is 12.3. The Labute approximate surface area is 123 Å². The number of nitrogens with zero attached hydrogens (tertiary/aromatic N) is 2. The molecule has 0 aliphatic rings. The number of rotatable bonds is 4. The van der Waals surface area contributed by atoms with E-state index in [1.54, 1.807) is 30.1 Å². The molecule has 21 heavy (non-hydrogen) atoms. The molecule has 1 atom stereocenters. The van der Waals surface area contributed by atoms with E-state index in [0.717, 1.165) is 11.8 Å². The Morgan fingerprint density at radius 2 is 1.90 bits per heavy atom. The molecule has 112 valence electrons. The van der Waals surface area contributed by atoms with Crippen molar-refractivity contribution in [1.29, 1.82) is 0 Å². The van der Waals surface area contributed by atoms with Crippen LogP contribution in [0.1, 0.15) is 28.9 Å². The van der Waals surface area contributed by atoms with E-state index in [0.29, 0.717) is 5.56 Å². The number of sulfone groups is 1. The normalized spacial score (nSPS) is 12.9. The number of hydrogen-bond donors (Lipinski definition) is 1. The molecular formula is C14H17N3O3S. The summed E-state index contributed by atoms with van der Waals surface area (Å²) in [5.41, 5.74) is 1.32. The highest BCUT2D eigenvalue weighted by molar-refractivity contribution is 7.90. The molecule has 1 N–H and O–H groups in total. The van der Waals surface area contributed by atoms with Gasteiger partial charge in [0.25, 0.3) is 5.91 Å². The quantitative estimate of drug-likeness (QED) is 0.923. The maximum Gasteiger partial charge on any atom is 0.254 e. The smallest absolute Gasteiger partial charge is 0.254 e. The van der Waals surface area contributed by atoms with Gasteiger partial charge in [0.15, 0.2) is 9.84 Å². The van der Waals surface area contributed by atoms with E-state index in [1.807, 2.05) is 6.92 Å². The maximum absolute atomic E-state index is 12.0. The van der Waals surface area contributed by atoms with Gasteiger partial charge >= 0.3 is 0 Å². The summed E-state index contributed by atoms with van der Waals surface area (Å²) in [5, 5.41) is 6.79. The summed E-state index contributed by atoms with van der Waals surface area (Å²) in [6.07, 6.45) is 4.29. The van der Waals surface area contributed by atoms with Gasteiger partial charge in [-0.25, -0.2) is 8.42 Å². The van der Waals surface area contributed by atoms with Crippen LogP contribution >= 0.6 is 0 Å². The fraction of sp³-hybridized carbons (Fsp3) is 0.286. The minimum Gasteiger partial charge on any atom is -0.345 e. The molecule has 7 heteroatoms. The molecule has 0 aliphatic heterocycles. The zero-order valence-electron chi connectivity index (χ0n) is 12.1. The fourth-order valence-corrected chi connectivity index (χ4v) is 2.54. The third-order valence-corrected chi connectivity index (χ3v) is 4.25. The highest BCUT2D eigenvalue weighted by Crippen LogP contribution is 2.16. The van der Waals surface area contributed by atoms with Crippen molar-refractivity contribution in [1.82, 2.24) is 15.1 Å². The summed E-state index contributed by atoms with van der Waals surface area (Å²) in [6, 6.07) is 6.25. The summed E-state index contributed by atoms with van der Waals surface area (Å²) in [5.74, 6) is -0.220. The van der Waals surface area contributed by atoms with E-state index < -0.39 is 9.84 Å². The number of benzene rings is 1. The van der Waals surface area contributed by atoms with Crippen LogP contribution in [0, 0.1) is 0 Å². The average Bonchev–Trinajstić information content (AvgIpc) is 2.84. The molecule has 2 rings (SSSR count). The first-order chi connectivity index (χ1) is 9.77. The molecule has 1 amide bonds. The largest absolute Gasteiger partial charge is 0.345 e. The molecule has 2 aromatic rings. The molecule has 1 aromatic carbocycles. The van der Waals surface area contributed by atoms with Crippen molar-refractivity contribution >= 4 is 15.7 Å². The van der Waals surface area contributed by atoms with Crippen LogP contribution in [0.3, 0.4) is 0 Å².